The van der Waals surface area contributed by atoms with E-state index in [4.69, 9.17) is 4.78 Å². The highest BCUT2D eigenvalue weighted by Crippen LogP contribution is 2.08. The highest BCUT2D eigenvalue weighted by atomic mass is 32.2. The average Bonchev–Trinajstić information content (AvgIpc) is 2.22. The molecule has 0 aromatic heterocycles. The largest absolute Gasteiger partial charge is 0.550 e. The lowest BCUT2D eigenvalue weighted by molar-refractivity contribution is -0.437. The maximum atomic E-state index is 11.7. The predicted molar refractivity (Wildman–Crippen MR) is 55.7 cm³/mol. The summed E-state index contributed by atoms with van der Waals surface area (Å²) in [7, 11) is -3.12. The van der Waals surface area contributed by atoms with Crippen molar-refractivity contribution in [2.45, 2.75) is 25.8 Å². The minimum absolute atomic E-state index is 0.0614. The third kappa shape index (κ3) is 6.22. The topological polar surface area (TPSA) is 149 Å². The van der Waals surface area contributed by atoms with Crippen molar-refractivity contribution in [1.29, 1.82) is 4.78 Å². The zero-order chi connectivity index (χ0) is 13.6. The summed E-state index contributed by atoms with van der Waals surface area (Å²) >= 11 is 0. The fourth-order valence-electron chi connectivity index (χ4n) is 1.21. The normalized spacial score (nSPS) is 18.0. The van der Waals surface area contributed by atoms with Crippen molar-refractivity contribution < 1.29 is 29.7 Å². The second kappa shape index (κ2) is 6.55. The molecule has 0 rings (SSSR count). The van der Waals surface area contributed by atoms with Crippen molar-refractivity contribution in [3.63, 3.8) is 0 Å². The van der Waals surface area contributed by atoms with Crippen molar-refractivity contribution in [1.82, 2.24) is 0 Å². The number of quaternary nitrogens is 1. The van der Waals surface area contributed by atoms with Gasteiger partial charge in [0, 0.05) is 39.5 Å². The Labute approximate surface area is 100.0 Å². The molecule has 3 unspecified atom stereocenters. The molecule has 0 heterocycles. The van der Waals surface area contributed by atoms with E-state index in [1.165, 1.54) is 0 Å². The van der Waals surface area contributed by atoms with Crippen molar-refractivity contribution in [2.24, 2.45) is 5.92 Å². The first kappa shape index (κ1) is 15.9. The van der Waals surface area contributed by atoms with E-state index in [9.17, 15) is 24.0 Å². The fourth-order valence-corrected chi connectivity index (χ4v) is 3.07. The lowest BCUT2D eigenvalue weighted by Crippen LogP contribution is -2.68. The SMILES string of the molecule is CCC(CS(=N)(=O)CCC([NH3+])C(=O)[O-])C(=O)[O-]. The number of rotatable bonds is 8. The molecule has 0 aliphatic carbocycles. The van der Waals surface area contributed by atoms with Crippen molar-refractivity contribution >= 4 is 21.7 Å². The molecule has 0 saturated heterocycles. The maximum absolute atomic E-state index is 11.7. The first-order valence-corrected chi connectivity index (χ1v) is 7.08. The third-order valence-electron chi connectivity index (χ3n) is 2.43. The summed E-state index contributed by atoms with van der Waals surface area (Å²) in [6.07, 6.45) is 0.167. The molecule has 17 heavy (non-hydrogen) atoms. The lowest BCUT2D eigenvalue weighted by Gasteiger charge is -2.18. The fraction of sp³-hybridized carbons (Fsp3) is 0.778. The first-order chi connectivity index (χ1) is 7.69. The zero-order valence-electron chi connectivity index (χ0n) is 9.64. The summed E-state index contributed by atoms with van der Waals surface area (Å²) in [5.74, 6) is -4.15. The Bertz CT molecular complexity index is 379. The van der Waals surface area contributed by atoms with Gasteiger partial charge in [-0.25, -0.2) is 4.21 Å². The number of carboxylic acids is 2. The zero-order valence-corrected chi connectivity index (χ0v) is 10.5. The molecule has 0 aliphatic heterocycles. The molecule has 0 aromatic carbocycles. The van der Waals surface area contributed by atoms with Gasteiger partial charge in [-0.2, -0.15) is 0 Å². The molecule has 0 radical (unpaired) electrons. The summed E-state index contributed by atoms with van der Waals surface area (Å²) < 4.78 is 19.2. The predicted octanol–water partition coefficient (Wildman–Crippen LogP) is -3.44. The van der Waals surface area contributed by atoms with E-state index in [1.807, 2.05) is 0 Å². The van der Waals surface area contributed by atoms with Crippen LogP contribution in [0.4, 0.5) is 0 Å². The summed E-state index contributed by atoms with van der Waals surface area (Å²) in [6, 6.07) is -1.04. The number of hydrogen-bond donors (Lipinski definition) is 2. The van der Waals surface area contributed by atoms with E-state index in [2.05, 4.69) is 5.73 Å². The van der Waals surface area contributed by atoms with Gasteiger partial charge in [-0.05, 0) is 6.42 Å². The van der Waals surface area contributed by atoms with Gasteiger partial charge in [0.05, 0.1) is 5.97 Å². The van der Waals surface area contributed by atoms with Crippen molar-refractivity contribution in [3.05, 3.63) is 0 Å². The van der Waals surface area contributed by atoms with Crippen LogP contribution in [0.15, 0.2) is 0 Å². The molecule has 7 nitrogen and oxygen atoms in total. The number of carbonyl (C=O) groups is 2. The van der Waals surface area contributed by atoms with Crippen molar-refractivity contribution in [2.75, 3.05) is 11.5 Å². The number of hydrogen-bond acceptors (Lipinski definition) is 6. The molecule has 100 valence electrons. The molecule has 0 amide bonds. The summed E-state index contributed by atoms with van der Waals surface area (Å²) in [6.45, 7) is 1.60. The number of carboxylic acid groups (broad SMARTS) is 2. The molecule has 0 spiro atoms. The van der Waals surface area contributed by atoms with Gasteiger partial charge in [0.2, 0.25) is 0 Å². The van der Waals surface area contributed by atoms with E-state index < -0.39 is 33.6 Å². The van der Waals surface area contributed by atoms with Gasteiger partial charge in [-0.1, -0.05) is 6.92 Å². The highest BCUT2D eigenvalue weighted by Gasteiger charge is 2.18. The van der Waals surface area contributed by atoms with Gasteiger partial charge in [-0.3, -0.25) is 4.78 Å². The molecule has 0 bridgehead atoms. The summed E-state index contributed by atoms with van der Waals surface area (Å²) in [4.78, 5) is 21.0. The maximum Gasteiger partial charge on any atom is 0.125 e. The second-order valence-electron chi connectivity index (χ2n) is 3.91. The van der Waals surface area contributed by atoms with Gasteiger partial charge in [-0.15, -0.1) is 0 Å². The molecule has 0 aromatic rings. The van der Waals surface area contributed by atoms with Gasteiger partial charge >= 0.3 is 0 Å². The van der Waals surface area contributed by atoms with Crippen molar-refractivity contribution in [3.8, 4) is 0 Å². The average molecular weight is 265 g/mol. The third-order valence-corrected chi connectivity index (χ3v) is 4.26. The molecule has 0 saturated carbocycles. The van der Waals surface area contributed by atoms with Crippen LogP contribution in [0.2, 0.25) is 0 Å². The molecular formula is C9H17N2O5S-. The number of nitrogens with one attached hydrogen (secondary N) is 1. The minimum Gasteiger partial charge on any atom is -0.550 e. The highest BCUT2D eigenvalue weighted by molar-refractivity contribution is 7.92. The summed E-state index contributed by atoms with van der Waals surface area (Å²) in [5.41, 5.74) is 3.28. The van der Waals surface area contributed by atoms with Gasteiger partial charge in [0.15, 0.2) is 0 Å². The van der Waals surface area contributed by atoms with Gasteiger partial charge < -0.3 is 25.5 Å². The Morgan fingerprint density at radius 1 is 1.35 bits per heavy atom. The Morgan fingerprint density at radius 3 is 2.24 bits per heavy atom. The lowest BCUT2D eigenvalue weighted by atomic mass is 10.1. The monoisotopic (exact) mass is 265 g/mol. The van der Waals surface area contributed by atoms with Crippen LogP contribution < -0.4 is 15.9 Å². The standard InChI is InChI=1S/C9H18N2O5S/c1-2-6(8(12)13)5-17(11,16)4-3-7(10)9(14)15/h6-7,11H,2-5,10H2,1H3,(H,12,13)(H,14,15)/p-1. The molecular weight excluding hydrogens is 248 g/mol. The molecule has 0 aliphatic rings. The number of aliphatic carboxylic acids is 2. The Kier molecular flexibility index (Phi) is 6.11. The molecule has 4 N–H and O–H groups in total. The minimum atomic E-state index is -3.12. The first-order valence-electron chi connectivity index (χ1n) is 5.18. The van der Waals surface area contributed by atoms with Crippen LogP contribution in [0.1, 0.15) is 19.8 Å². The smallest absolute Gasteiger partial charge is 0.125 e. The Hall–Kier alpha value is -1.15. The van der Waals surface area contributed by atoms with Gasteiger partial charge in [0.1, 0.15) is 6.04 Å². The van der Waals surface area contributed by atoms with E-state index in [0.29, 0.717) is 0 Å². The van der Waals surface area contributed by atoms with E-state index in [-0.39, 0.29) is 24.3 Å². The van der Waals surface area contributed by atoms with Crippen LogP contribution in [0.5, 0.6) is 0 Å². The summed E-state index contributed by atoms with van der Waals surface area (Å²) in [5, 5.41) is 21.0. The van der Waals surface area contributed by atoms with E-state index in [0.717, 1.165) is 0 Å². The Balaban J connectivity index is 4.39. The van der Waals surface area contributed by atoms with Crippen LogP contribution in [0.3, 0.4) is 0 Å². The quantitative estimate of drug-likeness (QED) is 0.468. The van der Waals surface area contributed by atoms with Crippen LogP contribution in [-0.2, 0) is 19.3 Å². The van der Waals surface area contributed by atoms with E-state index in [1.54, 1.807) is 6.92 Å². The van der Waals surface area contributed by atoms with Gasteiger partial charge in [0.25, 0.3) is 0 Å². The van der Waals surface area contributed by atoms with E-state index >= 15 is 0 Å². The Morgan fingerprint density at radius 2 is 1.88 bits per heavy atom. The van der Waals surface area contributed by atoms with Crippen LogP contribution in [0.25, 0.3) is 0 Å². The van der Waals surface area contributed by atoms with Crippen LogP contribution in [0, 0.1) is 10.7 Å². The molecule has 0 fully saturated rings. The molecule has 8 heteroatoms. The molecule has 3 atom stereocenters. The second-order valence-corrected chi connectivity index (χ2v) is 6.28. The number of carbonyl (C=O) groups excluding carboxylic acids is 2. The van der Waals surface area contributed by atoms with Crippen LogP contribution >= 0.6 is 0 Å². The van der Waals surface area contributed by atoms with Crippen LogP contribution in [-0.4, -0.2) is 33.7 Å².